The second kappa shape index (κ2) is 6.44. The first-order valence-corrected chi connectivity index (χ1v) is 9.19. The van der Waals surface area contributed by atoms with Crippen molar-refractivity contribution >= 4 is 84.6 Å². The topological polar surface area (TPSA) is 61.3 Å². The van der Waals surface area contributed by atoms with E-state index >= 15 is 0 Å². The summed E-state index contributed by atoms with van der Waals surface area (Å²) in [6.45, 7) is 0.293. The quantitative estimate of drug-likeness (QED) is 0.339. The van der Waals surface area contributed by atoms with E-state index in [-0.39, 0.29) is 0 Å². The Balaban J connectivity index is 1.83. The number of fused-ring (bicyclic) bond motifs is 1. The molecule has 7 heteroatoms. The highest BCUT2D eigenvalue weighted by molar-refractivity contribution is 14.1. The van der Waals surface area contributed by atoms with Gasteiger partial charge in [0.25, 0.3) is 0 Å². The van der Waals surface area contributed by atoms with Crippen LogP contribution in [-0.2, 0) is 6.61 Å². The van der Waals surface area contributed by atoms with Gasteiger partial charge in [-0.15, -0.1) is 0 Å². The largest absolute Gasteiger partial charge is 0.482 e. The predicted molar refractivity (Wildman–Crippen MR) is 107 cm³/mol. The number of anilines is 1. The Kier molecular flexibility index (Phi) is 4.78. The highest BCUT2D eigenvalue weighted by Crippen LogP contribution is 2.30. The summed E-state index contributed by atoms with van der Waals surface area (Å²) in [5, 5.41) is 0. The predicted octanol–water partition coefficient (Wildman–Crippen LogP) is 4.80. The minimum absolute atomic E-state index is 0.293. The number of rotatable bonds is 3. The monoisotopic (exact) mass is 618 g/mol. The third-order valence-electron chi connectivity index (χ3n) is 2.76. The third kappa shape index (κ3) is 3.55. The van der Waals surface area contributed by atoms with Crippen LogP contribution in [0.15, 0.2) is 34.7 Å². The lowest BCUT2D eigenvalue weighted by Crippen LogP contribution is -1.99. The Morgan fingerprint density at radius 2 is 1.81 bits per heavy atom. The summed E-state index contributed by atoms with van der Waals surface area (Å²) in [4.78, 5) is 4.39. The highest BCUT2D eigenvalue weighted by Gasteiger charge is 2.11. The number of benzene rings is 2. The molecule has 3 rings (SSSR count). The van der Waals surface area contributed by atoms with Crippen molar-refractivity contribution in [2.75, 3.05) is 5.73 Å². The first-order chi connectivity index (χ1) is 10.0. The Morgan fingerprint density at radius 1 is 1.10 bits per heavy atom. The van der Waals surface area contributed by atoms with E-state index in [1.807, 2.05) is 6.07 Å². The van der Waals surface area contributed by atoms with Crippen molar-refractivity contribution in [1.29, 1.82) is 0 Å². The molecule has 0 aliphatic heterocycles. The number of aromatic nitrogens is 1. The molecule has 4 nitrogen and oxygen atoms in total. The van der Waals surface area contributed by atoms with E-state index in [0.717, 1.165) is 24.0 Å². The molecule has 1 heterocycles. The number of hydrogen-bond donors (Lipinski definition) is 1. The van der Waals surface area contributed by atoms with Crippen LogP contribution in [0, 0.1) is 10.7 Å². The zero-order valence-corrected chi connectivity index (χ0v) is 17.0. The number of oxazole rings is 1. The molecule has 0 saturated carbocycles. The Hall–Kier alpha value is -0.300. The molecule has 2 N–H and O–H groups in total. The number of nitrogen functional groups attached to an aromatic ring is 1. The molecular formula is C14H9I3N2O2. The Morgan fingerprint density at radius 3 is 2.52 bits per heavy atom. The number of halogens is 3. The van der Waals surface area contributed by atoms with Crippen LogP contribution < -0.4 is 10.5 Å². The maximum absolute atomic E-state index is 5.86. The molecule has 0 bridgehead atoms. The van der Waals surface area contributed by atoms with Gasteiger partial charge in [0, 0.05) is 9.26 Å². The summed E-state index contributed by atoms with van der Waals surface area (Å²) < 4.78 is 14.8. The normalized spacial score (nSPS) is 11.0. The molecule has 2 aromatic carbocycles. The second-order valence-corrected chi connectivity index (χ2v) is 7.89. The second-order valence-electron chi connectivity index (χ2n) is 4.32. The van der Waals surface area contributed by atoms with Crippen LogP contribution in [0.3, 0.4) is 0 Å². The van der Waals surface area contributed by atoms with Crippen LogP contribution in [0.2, 0.25) is 0 Å². The van der Waals surface area contributed by atoms with E-state index in [2.05, 4.69) is 84.9 Å². The minimum Gasteiger partial charge on any atom is -0.482 e. The zero-order chi connectivity index (χ0) is 15.0. The summed E-state index contributed by atoms with van der Waals surface area (Å²) >= 11 is 6.83. The number of nitrogens with zero attached hydrogens (tertiary/aromatic N) is 1. The van der Waals surface area contributed by atoms with Crippen LogP contribution in [-0.4, -0.2) is 4.98 Å². The summed E-state index contributed by atoms with van der Waals surface area (Å²) in [5.41, 5.74) is 7.88. The lowest BCUT2D eigenvalue weighted by atomic mass is 10.3. The van der Waals surface area contributed by atoms with Crippen molar-refractivity contribution in [3.63, 3.8) is 0 Å². The molecule has 0 aliphatic rings. The molecule has 0 spiro atoms. The van der Waals surface area contributed by atoms with Crippen LogP contribution >= 0.6 is 67.8 Å². The SMILES string of the molecule is Nc1ccc2oc(COc3c(I)cc(I)cc3I)nc2c1. The maximum atomic E-state index is 5.86. The fourth-order valence-electron chi connectivity index (χ4n) is 1.85. The first-order valence-electron chi connectivity index (χ1n) is 5.95. The molecule has 1 aromatic heterocycles. The smallest absolute Gasteiger partial charge is 0.233 e. The molecule has 3 aromatic rings. The minimum atomic E-state index is 0.293. The number of hydrogen-bond acceptors (Lipinski definition) is 4. The summed E-state index contributed by atoms with van der Waals surface area (Å²) in [6, 6.07) is 9.56. The molecule has 0 saturated heterocycles. The highest BCUT2D eigenvalue weighted by atomic mass is 127. The summed E-state index contributed by atoms with van der Waals surface area (Å²) in [6.07, 6.45) is 0. The van der Waals surface area contributed by atoms with Crippen molar-refractivity contribution in [3.8, 4) is 5.75 Å². The molecule has 0 amide bonds. The van der Waals surface area contributed by atoms with E-state index in [9.17, 15) is 0 Å². The molecule has 21 heavy (non-hydrogen) atoms. The molecule has 0 radical (unpaired) electrons. The van der Waals surface area contributed by atoms with Gasteiger partial charge in [-0.05, 0) is 98.1 Å². The maximum Gasteiger partial charge on any atom is 0.233 e. The van der Waals surface area contributed by atoms with E-state index in [4.69, 9.17) is 14.9 Å². The van der Waals surface area contributed by atoms with Gasteiger partial charge in [-0.25, -0.2) is 4.98 Å². The molecule has 0 aliphatic carbocycles. The van der Waals surface area contributed by atoms with Gasteiger partial charge in [0.05, 0.1) is 7.14 Å². The molecule has 0 fully saturated rings. The molecular weight excluding hydrogens is 609 g/mol. The van der Waals surface area contributed by atoms with Crippen LogP contribution in [0.1, 0.15) is 5.89 Å². The zero-order valence-electron chi connectivity index (χ0n) is 10.6. The van der Waals surface area contributed by atoms with Gasteiger partial charge in [0.15, 0.2) is 12.2 Å². The number of nitrogens with two attached hydrogens (primary N) is 1. The van der Waals surface area contributed by atoms with Crippen LogP contribution in [0.25, 0.3) is 11.1 Å². The van der Waals surface area contributed by atoms with Crippen molar-refractivity contribution in [3.05, 3.63) is 46.9 Å². The number of ether oxygens (including phenoxy) is 1. The van der Waals surface area contributed by atoms with Crippen LogP contribution in [0.5, 0.6) is 5.75 Å². The molecule has 0 unspecified atom stereocenters. The van der Waals surface area contributed by atoms with Gasteiger partial charge in [0.2, 0.25) is 5.89 Å². The molecule has 108 valence electrons. The van der Waals surface area contributed by atoms with Gasteiger partial charge in [0.1, 0.15) is 11.3 Å². The van der Waals surface area contributed by atoms with Crippen molar-refractivity contribution in [2.45, 2.75) is 6.61 Å². The van der Waals surface area contributed by atoms with Gasteiger partial charge in [-0.3, -0.25) is 0 Å². The van der Waals surface area contributed by atoms with Crippen molar-refractivity contribution in [1.82, 2.24) is 4.98 Å². The fraction of sp³-hybridized carbons (Fsp3) is 0.0714. The average Bonchev–Trinajstić information content (AvgIpc) is 2.79. The van der Waals surface area contributed by atoms with Gasteiger partial charge < -0.3 is 14.9 Å². The van der Waals surface area contributed by atoms with E-state index < -0.39 is 0 Å². The van der Waals surface area contributed by atoms with Crippen molar-refractivity contribution in [2.24, 2.45) is 0 Å². The van der Waals surface area contributed by atoms with Gasteiger partial charge in [-0.2, -0.15) is 0 Å². The Bertz CT molecular complexity index is 794. The summed E-state index contributed by atoms with van der Waals surface area (Å²) in [7, 11) is 0. The van der Waals surface area contributed by atoms with Crippen molar-refractivity contribution < 1.29 is 9.15 Å². The lowest BCUT2D eigenvalue weighted by molar-refractivity contribution is 0.263. The van der Waals surface area contributed by atoms with E-state index in [0.29, 0.717) is 18.2 Å². The Labute approximate surface area is 162 Å². The van der Waals surface area contributed by atoms with E-state index in [1.54, 1.807) is 12.1 Å². The average molecular weight is 618 g/mol. The van der Waals surface area contributed by atoms with Gasteiger partial charge >= 0.3 is 0 Å². The fourth-order valence-corrected chi connectivity index (χ4v) is 5.75. The first kappa shape index (κ1) is 15.6. The molecule has 0 atom stereocenters. The van der Waals surface area contributed by atoms with Gasteiger partial charge in [-0.1, -0.05) is 0 Å². The third-order valence-corrected chi connectivity index (χ3v) is 4.98. The van der Waals surface area contributed by atoms with E-state index in [1.165, 1.54) is 3.57 Å². The lowest BCUT2D eigenvalue weighted by Gasteiger charge is -2.09. The summed E-state index contributed by atoms with van der Waals surface area (Å²) in [5.74, 6) is 1.40. The standard InChI is InChI=1S/C14H9I3N2O2/c15-7-3-9(16)14(10(17)4-7)20-6-13-19-11-5-8(18)1-2-12(11)21-13/h1-5H,6,18H2. The van der Waals surface area contributed by atoms with Crippen LogP contribution in [0.4, 0.5) is 5.69 Å².